The first-order chi connectivity index (χ1) is 4.30. The van der Waals surface area contributed by atoms with Crippen LogP contribution >= 0.6 is 0 Å². The van der Waals surface area contributed by atoms with Crippen molar-refractivity contribution in [2.75, 3.05) is 6.26 Å². The number of hydrogen-bond acceptors (Lipinski definition) is 1. The molecule has 0 heterocycles. The molecule has 1 aromatic rings. The summed E-state index contributed by atoms with van der Waals surface area (Å²) < 4.78 is 0. The van der Waals surface area contributed by atoms with Gasteiger partial charge in [0.2, 0.25) is 0 Å². The Morgan fingerprint density at radius 2 is 1.78 bits per heavy atom. The minimum Gasteiger partial charge on any atom is -0.146 e. The SMILES string of the molecule is C[S+](N)c1ccccc1. The molecule has 1 unspecified atom stereocenters. The molecular formula is C7H10NS+. The van der Waals surface area contributed by atoms with E-state index in [4.69, 9.17) is 5.14 Å². The molecule has 2 N–H and O–H groups in total. The Bertz CT molecular complexity index is 172. The quantitative estimate of drug-likeness (QED) is 0.582. The Balaban J connectivity index is 2.85. The van der Waals surface area contributed by atoms with Crippen LogP contribution < -0.4 is 5.14 Å². The van der Waals surface area contributed by atoms with Crippen molar-refractivity contribution in [3.63, 3.8) is 0 Å². The van der Waals surface area contributed by atoms with Crippen LogP contribution in [0.3, 0.4) is 0 Å². The van der Waals surface area contributed by atoms with Gasteiger partial charge in [-0.05, 0) is 12.1 Å². The summed E-state index contributed by atoms with van der Waals surface area (Å²) in [5.41, 5.74) is 0. The highest BCUT2D eigenvalue weighted by Gasteiger charge is 2.05. The van der Waals surface area contributed by atoms with Gasteiger partial charge in [0.15, 0.2) is 4.90 Å². The van der Waals surface area contributed by atoms with Crippen LogP contribution in [0.5, 0.6) is 0 Å². The second-order valence-corrected chi connectivity index (χ2v) is 3.46. The lowest BCUT2D eigenvalue weighted by molar-refractivity contribution is 1.44. The molecule has 0 aromatic heterocycles. The molecule has 0 aliphatic rings. The predicted octanol–water partition coefficient (Wildman–Crippen LogP) is 1.17. The van der Waals surface area contributed by atoms with Crippen molar-refractivity contribution in [1.82, 2.24) is 0 Å². The van der Waals surface area contributed by atoms with Gasteiger partial charge in [-0.1, -0.05) is 18.2 Å². The molecule has 0 saturated heterocycles. The summed E-state index contributed by atoms with van der Waals surface area (Å²) in [5.74, 6) is 0. The Kier molecular flexibility index (Phi) is 2.14. The average molecular weight is 140 g/mol. The van der Waals surface area contributed by atoms with Crippen molar-refractivity contribution in [2.24, 2.45) is 5.14 Å². The second-order valence-electron chi connectivity index (χ2n) is 1.87. The zero-order valence-corrected chi connectivity index (χ0v) is 6.19. The van der Waals surface area contributed by atoms with E-state index >= 15 is 0 Å². The summed E-state index contributed by atoms with van der Waals surface area (Å²) >= 11 is -0.0790. The standard InChI is InChI=1S/C7H10NS/c1-9(8)7-5-3-2-4-6-7/h2-6H,8H2,1H3/q+1. The summed E-state index contributed by atoms with van der Waals surface area (Å²) in [7, 11) is 0. The minimum absolute atomic E-state index is 0.0790. The summed E-state index contributed by atoms with van der Waals surface area (Å²) in [5, 5.41) is 5.64. The van der Waals surface area contributed by atoms with Crippen molar-refractivity contribution in [3.8, 4) is 0 Å². The first kappa shape index (κ1) is 6.65. The molecule has 0 radical (unpaired) electrons. The maximum absolute atomic E-state index is 5.64. The highest BCUT2D eigenvalue weighted by atomic mass is 32.2. The molecule has 1 nitrogen and oxygen atoms in total. The van der Waals surface area contributed by atoms with Gasteiger partial charge >= 0.3 is 0 Å². The molecular weight excluding hydrogens is 130 g/mol. The Morgan fingerprint density at radius 3 is 2.11 bits per heavy atom. The number of nitrogens with two attached hydrogens (primary N) is 1. The molecule has 0 aliphatic carbocycles. The summed E-state index contributed by atoms with van der Waals surface area (Å²) in [4.78, 5) is 1.22. The van der Waals surface area contributed by atoms with E-state index in [-0.39, 0.29) is 11.1 Å². The first-order valence-electron chi connectivity index (χ1n) is 2.76. The van der Waals surface area contributed by atoms with Gasteiger partial charge in [0.05, 0.1) is 0 Å². The zero-order valence-electron chi connectivity index (χ0n) is 5.37. The van der Waals surface area contributed by atoms with E-state index in [0.29, 0.717) is 0 Å². The van der Waals surface area contributed by atoms with Gasteiger partial charge in [0.25, 0.3) is 0 Å². The normalized spacial score (nSPS) is 13.1. The van der Waals surface area contributed by atoms with E-state index in [0.717, 1.165) is 0 Å². The van der Waals surface area contributed by atoms with Crippen LogP contribution in [0.15, 0.2) is 35.2 Å². The van der Waals surface area contributed by atoms with Gasteiger partial charge in [-0.3, -0.25) is 0 Å². The fraction of sp³-hybridized carbons (Fsp3) is 0.143. The smallest absolute Gasteiger partial charge is 0.146 e. The summed E-state index contributed by atoms with van der Waals surface area (Å²) in [6.07, 6.45) is 2.01. The predicted molar refractivity (Wildman–Crippen MR) is 42.2 cm³/mol. The lowest BCUT2D eigenvalue weighted by atomic mass is 10.4. The van der Waals surface area contributed by atoms with Crippen LogP contribution in [0, 0.1) is 0 Å². The van der Waals surface area contributed by atoms with Crippen LogP contribution in [-0.4, -0.2) is 6.26 Å². The topological polar surface area (TPSA) is 26.0 Å². The Hall–Kier alpha value is -0.470. The third-order valence-electron chi connectivity index (χ3n) is 1.11. The molecule has 1 rings (SSSR count). The lowest BCUT2D eigenvalue weighted by Crippen LogP contribution is -2.10. The number of hydrogen-bond donors (Lipinski definition) is 1. The number of rotatable bonds is 1. The molecule has 0 spiro atoms. The molecule has 9 heavy (non-hydrogen) atoms. The van der Waals surface area contributed by atoms with Gasteiger partial charge in [0.1, 0.15) is 17.3 Å². The van der Waals surface area contributed by atoms with Gasteiger partial charge in [0, 0.05) is 0 Å². The van der Waals surface area contributed by atoms with Gasteiger partial charge in [-0.2, -0.15) is 0 Å². The zero-order chi connectivity index (χ0) is 6.69. The van der Waals surface area contributed by atoms with Gasteiger partial charge < -0.3 is 0 Å². The number of benzene rings is 1. The highest BCUT2D eigenvalue weighted by Crippen LogP contribution is 2.03. The summed E-state index contributed by atoms with van der Waals surface area (Å²) in [6.45, 7) is 0. The Labute approximate surface area is 58.4 Å². The van der Waals surface area contributed by atoms with E-state index in [2.05, 4.69) is 0 Å². The highest BCUT2D eigenvalue weighted by molar-refractivity contribution is 7.94. The largest absolute Gasteiger partial charge is 0.175 e. The third kappa shape index (κ3) is 1.73. The van der Waals surface area contributed by atoms with E-state index in [9.17, 15) is 0 Å². The molecule has 0 aliphatic heterocycles. The van der Waals surface area contributed by atoms with E-state index in [1.807, 2.05) is 36.6 Å². The molecule has 0 bridgehead atoms. The molecule has 0 amide bonds. The van der Waals surface area contributed by atoms with Crippen molar-refractivity contribution in [3.05, 3.63) is 30.3 Å². The average Bonchev–Trinajstić information content (AvgIpc) is 1.90. The van der Waals surface area contributed by atoms with Crippen molar-refractivity contribution in [1.29, 1.82) is 0 Å². The van der Waals surface area contributed by atoms with Gasteiger partial charge in [-0.25, -0.2) is 0 Å². The van der Waals surface area contributed by atoms with Crippen LogP contribution in [0.1, 0.15) is 0 Å². The molecule has 1 aromatic carbocycles. The molecule has 1 atom stereocenters. The molecule has 2 heteroatoms. The second kappa shape index (κ2) is 2.90. The Morgan fingerprint density at radius 1 is 1.22 bits per heavy atom. The molecule has 0 saturated carbocycles. The van der Waals surface area contributed by atoms with Crippen molar-refractivity contribution < 1.29 is 0 Å². The fourth-order valence-electron chi connectivity index (χ4n) is 0.635. The lowest BCUT2D eigenvalue weighted by Gasteiger charge is -1.90. The van der Waals surface area contributed by atoms with E-state index in [1.165, 1.54) is 4.90 Å². The fourth-order valence-corrected chi connectivity index (χ4v) is 1.22. The summed E-state index contributed by atoms with van der Waals surface area (Å²) in [6, 6.07) is 10.1. The van der Waals surface area contributed by atoms with E-state index in [1.54, 1.807) is 0 Å². The minimum atomic E-state index is -0.0790. The van der Waals surface area contributed by atoms with Crippen LogP contribution in [0.25, 0.3) is 0 Å². The monoisotopic (exact) mass is 140 g/mol. The maximum atomic E-state index is 5.64. The van der Waals surface area contributed by atoms with Crippen LogP contribution in [0.4, 0.5) is 0 Å². The molecule has 0 fully saturated rings. The van der Waals surface area contributed by atoms with E-state index < -0.39 is 0 Å². The van der Waals surface area contributed by atoms with Crippen LogP contribution in [0.2, 0.25) is 0 Å². The molecule has 48 valence electrons. The maximum Gasteiger partial charge on any atom is 0.175 e. The van der Waals surface area contributed by atoms with Crippen LogP contribution in [-0.2, 0) is 11.1 Å². The first-order valence-corrected chi connectivity index (χ1v) is 4.45. The third-order valence-corrected chi connectivity index (χ3v) is 2.13. The van der Waals surface area contributed by atoms with Gasteiger partial charge in [-0.15, -0.1) is 5.14 Å². The van der Waals surface area contributed by atoms with Crippen molar-refractivity contribution in [2.45, 2.75) is 4.90 Å². The van der Waals surface area contributed by atoms with Crippen molar-refractivity contribution >= 4 is 11.1 Å².